The van der Waals surface area contributed by atoms with Crippen LogP contribution in [0.3, 0.4) is 0 Å². The second-order valence-corrected chi connectivity index (χ2v) is 3.91. The largest absolute Gasteiger partial charge is 0.464 e. The number of ether oxygens (including phenoxy) is 1. The van der Waals surface area contributed by atoms with Crippen molar-refractivity contribution >= 4 is 5.97 Å². The third-order valence-corrected chi connectivity index (χ3v) is 2.51. The van der Waals surface area contributed by atoms with Crippen LogP contribution in [0.25, 0.3) is 11.4 Å². The first-order valence-corrected chi connectivity index (χ1v) is 5.73. The van der Waals surface area contributed by atoms with Gasteiger partial charge in [-0.25, -0.2) is 9.48 Å². The van der Waals surface area contributed by atoms with E-state index in [4.69, 9.17) is 10.6 Å². The summed E-state index contributed by atoms with van der Waals surface area (Å²) in [6.07, 6.45) is 0. The first kappa shape index (κ1) is 12.9. The molecule has 1 aromatic carbocycles. The van der Waals surface area contributed by atoms with Crippen molar-refractivity contribution in [3.63, 3.8) is 0 Å². The molecule has 2 aromatic rings. The predicted octanol–water partition coefficient (Wildman–Crippen LogP) is -0.0113. The molecule has 0 bridgehead atoms. The van der Waals surface area contributed by atoms with Gasteiger partial charge in [0.2, 0.25) is 0 Å². The van der Waals surface area contributed by atoms with Gasteiger partial charge in [-0.1, -0.05) is 30.3 Å². The Morgan fingerprint density at radius 3 is 2.68 bits per heavy atom. The van der Waals surface area contributed by atoms with Crippen molar-refractivity contribution in [3.8, 4) is 11.4 Å². The smallest absolute Gasteiger partial charge is 0.365 e. The Hall–Kier alpha value is -2.57. The normalized spacial score (nSPS) is 10.4. The second kappa shape index (κ2) is 5.38. The van der Waals surface area contributed by atoms with E-state index in [1.165, 1.54) is 11.6 Å². The highest BCUT2D eigenvalue weighted by Gasteiger charge is 2.12. The number of carbonyl (C=O) groups excluding carboxylic acids is 1. The number of hydrogen-bond acceptors (Lipinski definition) is 5. The topological polar surface area (TPSA) is 92.1 Å². The van der Waals surface area contributed by atoms with Crippen molar-refractivity contribution in [1.82, 2.24) is 14.5 Å². The molecule has 0 amide bonds. The standard InChI is InChI=1S/C12H14N4O3/c1-9(17)19-8-7-15-12(18)16(13)11(14-15)10-5-3-2-4-6-10/h2-6H,7-8,13H2,1H3. The summed E-state index contributed by atoms with van der Waals surface area (Å²) >= 11 is 0. The number of esters is 1. The van der Waals surface area contributed by atoms with Gasteiger partial charge in [-0.05, 0) is 0 Å². The van der Waals surface area contributed by atoms with Crippen molar-refractivity contribution in [2.75, 3.05) is 12.4 Å². The molecule has 2 N–H and O–H groups in total. The Balaban J connectivity index is 2.24. The number of aromatic nitrogens is 3. The fourth-order valence-corrected chi connectivity index (χ4v) is 1.63. The zero-order chi connectivity index (χ0) is 13.8. The van der Waals surface area contributed by atoms with Gasteiger partial charge in [-0.15, -0.1) is 5.10 Å². The molecule has 0 radical (unpaired) electrons. The summed E-state index contributed by atoms with van der Waals surface area (Å²) in [4.78, 5) is 22.5. The summed E-state index contributed by atoms with van der Waals surface area (Å²) < 4.78 is 6.91. The highest BCUT2D eigenvalue weighted by molar-refractivity contribution is 5.65. The van der Waals surface area contributed by atoms with Crippen molar-refractivity contribution < 1.29 is 9.53 Å². The zero-order valence-corrected chi connectivity index (χ0v) is 10.4. The molecule has 0 unspecified atom stereocenters. The van der Waals surface area contributed by atoms with E-state index >= 15 is 0 Å². The van der Waals surface area contributed by atoms with Crippen LogP contribution >= 0.6 is 0 Å². The fourth-order valence-electron chi connectivity index (χ4n) is 1.63. The number of rotatable bonds is 4. The van der Waals surface area contributed by atoms with Gasteiger partial charge in [0.05, 0.1) is 6.54 Å². The lowest BCUT2D eigenvalue weighted by atomic mass is 10.2. The molecule has 0 atom stereocenters. The molecule has 19 heavy (non-hydrogen) atoms. The van der Waals surface area contributed by atoms with Gasteiger partial charge >= 0.3 is 11.7 Å². The van der Waals surface area contributed by atoms with E-state index in [1.807, 2.05) is 30.3 Å². The highest BCUT2D eigenvalue weighted by Crippen LogP contribution is 2.12. The SMILES string of the molecule is CC(=O)OCCn1nc(-c2ccccc2)n(N)c1=O. The number of hydrogen-bond donors (Lipinski definition) is 1. The summed E-state index contributed by atoms with van der Waals surface area (Å²) in [5.74, 6) is 5.65. The van der Waals surface area contributed by atoms with E-state index in [2.05, 4.69) is 5.10 Å². The lowest BCUT2D eigenvalue weighted by Gasteiger charge is -2.00. The van der Waals surface area contributed by atoms with Crippen LogP contribution in [0.5, 0.6) is 0 Å². The lowest BCUT2D eigenvalue weighted by molar-refractivity contribution is -0.141. The molecule has 0 saturated heterocycles. The maximum absolute atomic E-state index is 11.8. The molecule has 7 nitrogen and oxygen atoms in total. The third-order valence-electron chi connectivity index (χ3n) is 2.51. The molecule has 1 heterocycles. The molecule has 7 heteroatoms. The van der Waals surface area contributed by atoms with E-state index in [-0.39, 0.29) is 13.2 Å². The molecule has 2 rings (SSSR count). The molecular weight excluding hydrogens is 248 g/mol. The van der Waals surface area contributed by atoms with Crippen LogP contribution in [0, 0.1) is 0 Å². The molecule has 0 saturated carbocycles. The van der Waals surface area contributed by atoms with E-state index in [0.29, 0.717) is 5.82 Å². The first-order valence-electron chi connectivity index (χ1n) is 5.73. The van der Waals surface area contributed by atoms with Crippen LogP contribution < -0.4 is 11.5 Å². The monoisotopic (exact) mass is 262 g/mol. The van der Waals surface area contributed by atoms with Crippen LogP contribution in [-0.2, 0) is 16.1 Å². The minimum absolute atomic E-state index is 0.0838. The van der Waals surface area contributed by atoms with Gasteiger partial charge in [-0.2, -0.15) is 4.68 Å². The molecule has 0 aliphatic carbocycles. The Kier molecular flexibility index (Phi) is 3.65. The summed E-state index contributed by atoms with van der Waals surface area (Å²) in [5, 5.41) is 4.13. The average Bonchev–Trinajstić information content (AvgIpc) is 2.68. The van der Waals surface area contributed by atoms with Gasteiger partial charge in [0.1, 0.15) is 6.61 Å². The fraction of sp³-hybridized carbons (Fsp3) is 0.250. The van der Waals surface area contributed by atoms with Crippen molar-refractivity contribution in [2.45, 2.75) is 13.5 Å². The maximum atomic E-state index is 11.8. The molecule has 0 fully saturated rings. The van der Waals surface area contributed by atoms with Gasteiger partial charge < -0.3 is 10.6 Å². The highest BCUT2D eigenvalue weighted by atomic mass is 16.5. The van der Waals surface area contributed by atoms with Crippen LogP contribution in [0.4, 0.5) is 0 Å². The summed E-state index contributed by atoms with van der Waals surface area (Å²) in [5.41, 5.74) is 0.291. The van der Waals surface area contributed by atoms with Gasteiger partial charge in [-0.3, -0.25) is 4.79 Å². The zero-order valence-electron chi connectivity index (χ0n) is 10.4. The van der Waals surface area contributed by atoms with Crippen LogP contribution in [0.2, 0.25) is 0 Å². The molecule has 100 valence electrons. The Labute approximate surface area is 109 Å². The summed E-state index contributed by atoms with van der Waals surface area (Å²) in [7, 11) is 0. The van der Waals surface area contributed by atoms with E-state index in [9.17, 15) is 9.59 Å². The van der Waals surface area contributed by atoms with Gasteiger partial charge in [0.15, 0.2) is 5.82 Å². The minimum Gasteiger partial charge on any atom is -0.464 e. The quantitative estimate of drug-likeness (QED) is 0.618. The summed E-state index contributed by atoms with van der Waals surface area (Å²) in [6.45, 7) is 1.56. The lowest BCUT2D eigenvalue weighted by Crippen LogP contribution is -2.31. The predicted molar refractivity (Wildman–Crippen MR) is 68.7 cm³/mol. The van der Waals surface area contributed by atoms with E-state index in [1.54, 1.807) is 0 Å². The number of carbonyl (C=O) groups is 1. The number of nitrogens with two attached hydrogens (primary N) is 1. The number of nitrogen functional groups attached to an aromatic ring is 1. The van der Waals surface area contributed by atoms with Gasteiger partial charge in [0.25, 0.3) is 0 Å². The first-order chi connectivity index (χ1) is 9.09. The molecule has 1 aromatic heterocycles. The molecule has 0 aliphatic heterocycles. The number of benzene rings is 1. The Morgan fingerprint density at radius 1 is 1.37 bits per heavy atom. The average molecular weight is 262 g/mol. The molecule has 0 aliphatic rings. The van der Waals surface area contributed by atoms with Gasteiger partial charge in [0, 0.05) is 12.5 Å². The second-order valence-electron chi connectivity index (χ2n) is 3.91. The molecule has 0 spiro atoms. The Morgan fingerprint density at radius 2 is 2.05 bits per heavy atom. The van der Waals surface area contributed by atoms with Crippen LogP contribution in [0.15, 0.2) is 35.1 Å². The van der Waals surface area contributed by atoms with Crippen molar-refractivity contribution in [2.24, 2.45) is 0 Å². The summed E-state index contributed by atoms with van der Waals surface area (Å²) in [6, 6.07) is 9.14. The number of nitrogens with zero attached hydrogens (tertiary/aromatic N) is 3. The van der Waals surface area contributed by atoms with E-state index in [0.717, 1.165) is 10.2 Å². The Bertz CT molecular complexity index is 630. The van der Waals surface area contributed by atoms with E-state index < -0.39 is 11.7 Å². The third kappa shape index (κ3) is 2.82. The van der Waals surface area contributed by atoms with Crippen molar-refractivity contribution in [1.29, 1.82) is 0 Å². The van der Waals surface area contributed by atoms with Crippen LogP contribution in [0.1, 0.15) is 6.92 Å². The molecular formula is C12H14N4O3. The van der Waals surface area contributed by atoms with Crippen molar-refractivity contribution in [3.05, 3.63) is 40.8 Å². The maximum Gasteiger partial charge on any atom is 0.365 e. The van der Waals surface area contributed by atoms with Crippen LogP contribution in [-0.4, -0.2) is 27.0 Å². The minimum atomic E-state index is -0.453.